The molecule has 5 nitrogen and oxygen atoms in total. The van der Waals surface area contributed by atoms with Gasteiger partial charge in [-0.2, -0.15) is 5.10 Å². The van der Waals surface area contributed by atoms with E-state index < -0.39 is 0 Å². The van der Waals surface area contributed by atoms with Crippen molar-refractivity contribution >= 4 is 0 Å². The van der Waals surface area contributed by atoms with Gasteiger partial charge in [-0.1, -0.05) is 30.3 Å². The van der Waals surface area contributed by atoms with Crippen LogP contribution in [-0.4, -0.2) is 63.5 Å². The summed E-state index contributed by atoms with van der Waals surface area (Å²) in [6, 6.07) is 11.5. The Hall–Kier alpha value is -1.69. The van der Waals surface area contributed by atoms with Crippen LogP contribution in [0.15, 0.2) is 42.7 Å². The third kappa shape index (κ3) is 5.16. The third-order valence-corrected chi connectivity index (χ3v) is 5.27. The summed E-state index contributed by atoms with van der Waals surface area (Å²) in [6.07, 6.45) is 6.07. The summed E-state index contributed by atoms with van der Waals surface area (Å²) < 4.78 is 2.02. The van der Waals surface area contributed by atoms with Crippen molar-refractivity contribution in [1.29, 1.82) is 0 Å². The highest BCUT2D eigenvalue weighted by atomic mass is 16.3. The molecule has 0 spiro atoms. The van der Waals surface area contributed by atoms with Gasteiger partial charge in [0.1, 0.15) is 0 Å². The highest BCUT2D eigenvalue weighted by Crippen LogP contribution is 2.17. The number of aromatic nitrogens is 2. The zero-order chi connectivity index (χ0) is 18.4. The minimum absolute atomic E-state index is 0.256. The first-order valence-corrected chi connectivity index (χ1v) is 9.80. The van der Waals surface area contributed by atoms with Crippen molar-refractivity contribution in [2.75, 3.05) is 32.8 Å². The third-order valence-electron chi connectivity index (χ3n) is 5.27. The lowest BCUT2D eigenvalue weighted by atomic mass is 10.1. The number of aliphatic hydroxyl groups is 1. The highest BCUT2D eigenvalue weighted by molar-refractivity contribution is 5.15. The van der Waals surface area contributed by atoms with E-state index in [1.54, 1.807) is 0 Å². The number of hydrogen-bond donors (Lipinski definition) is 1. The van der Waals surface area contributed by atoms with Crippen molar-refractivity contribution in [2.24, 2.45) is 0 Å². The largest absolute Gasteiger partial charge is 0.396 e. The molecular formula is C21H32N4O. The Labute approximate surface area is 157 Å². The Bertz CT molecular complexity index is 655. The molecule has 3 rings (SSSR count). The standard InChI is InChI=1S/C21H32N4O/c1-18(2)25-16-20(14-22-25)15-23-11-12-24(21(17-23)9-13-26)10-8-19-6-4-3-5-7-19/h3-7,14,16,18,21,26H,8-13,15,17H2,1-2H3/t21-/m0/s1. The van der Waals surface area contributed by atoms with Gasteiger partial charge in [0.15, 0.2) is 0 Å². The van der Waals surface area contributed by atoms with Gasteiger partial charge in [-0.15, -0.1) is 0 Å². The van der Waals surface area contributed by atoms with Gasteiger partial charge < -0.3 is 5.11 Å². The zero-order valence-electron chi connectivity index (χ0n) is 16.1. The smallest absolute Gasteiger partial charge is 0.0534 e. The molecule has 142 valence electrons. The van der Waals surface area contributed by atoms with Crippen LogP contribution >= 0.6 is 0 Å². The van der Waals surface area contributed by atoms with Crippen LogP contribution in [0.3, 0.4) is 0 Å². The van der Waals surface area contributed by atoms with E-state index in [1.165, 1.54) is 11.1 Å². The van der Waals surface area contributed by atoms with Crippen LogP contribution in [0, 0.1) is 0 Å². The average molecular weight is 357 g/mol. The van der Waals surface area contributed by atoms with E-state index in [4.69, 9.17) is 0 Å². The van der Waals surface area contributed by atoms with Crippen LogP contribution in [-0.2, 0) is 13.0 Å². The second-order valence-electron chi connectivity index (χ2n) is 7.60. The summed E-state index contributed by atoms with van der Waals surface area (Å²) in [6.45, 7) is 9.72. The Balaban J connectivity index is 1.54. The van der Waals surface area contributed by atoms with Gasteiger partial charge in [-0.3, -0.25) is 14.5 Å². The molecule has 5 heteroatoms. The lowest BCUT2D eigenvalue weighted by molar-refractivity contribution is 0.0562. The number of nitrogens with zero attached hydrogens (tertiary/aromatic N) is 4. The molecule has 26 heavy (non-hydrogen) atoms. The zero-order valence-corrected chi connectivity index (χ0v) is 16.1. The summed E-state index contributed by atoms with van der Waals surface area (Å²) in [5.74, 6) is 0. The van der Waals surface area contributed by atoms with Crippen molar-refractivity contribution in [3.05, 3.63) is 53.9 Å². The summed E-state index contributed by atoms with van der Waals surface area (Å²) in [5, 5.41) is 14.0. The molecule has 1 aromatic carbocycles. The number of aliphatic hydroxyl groups excluding tert-OH is 1. The van der Waals surface area contributed by atoms with E-state index in [9.17, 15) is 5.11 Å². The van der Waals surface area contributed by atoms with Gasteiger partial charge in [-0.25, -0.2) is 0 Å². The maximum atomic E-state index is 9.50. The molecule has 0 amide bonds. The first kappa shape index (κ1) is 19.1. The van der Waals surface area contributed by atoms with Gasteiger partial charge in [0, 0.05) is 63.2 Å². The molecule has 1 aromatic heterocycles. The van der Waals surface area contributed by atoms with E-state index in [-0.39, 0.29) is 6.61 Å². The van der Waals surface area contributed by atoms with Crippen molar-refractivity contribution in [3.63, 3.8) is 0 Å². The molecule has 1 fully saturated rings. The molecular weight excluding hydrogens is 324 g/mol. The van der Waals surface area contributed by atoms with Gasteiger partial charge in [0.2, 0.25) is 0 Å². The monoisotopic (exact) mass is 356 g/mol. The molecule has 1 saturated heterocycles. The SMILES string of the molecule is CC(C)n1cc(CN2CCN(CCc3ccccc3)[C@@H](CCO)C2)cn1. The molecule has 1 aliphatic heterocycles. The number of piperazine rings is 1. The van der Waals surface area contributed by atoms with Crippen LogP contribution in [0.5, 0.6) is 0 Å². The van der Waals surface area contributed by atoms with Crippen molar-refractivity contribution in [2.45, 2.75) is 45.3 Å². The molecule has 2 aromatic rings. The molecule has 0 bridgehead atoms. The summed E-state index contributed by atoms with van der Waals surface area (Å²) in [4.78, 5) is 5.05. The van der Waals surface area contributed by atoms with Gasteiger partial charge in [0.05, 0.1) is 6.20 Å². The number of hydrogen-bond acceptors (Lipinski definition) is 4. The van der Waals surface area contributed by atoms with Crippen molar-refractivity contribution in [3.8, 4) is 0 Å². The second-order valence-corrected chi connectivity index (χ2v) is 7.60. The first-order valence-electron chi connectivity index (χ1n) is 9.80. The molecule has 0 radical (unpaired) electrons. The Morgan fingerprint density at radius 3 is 2.65 bits per heavy atom. The minimum Gasteiger partial charge on any atom is -0.396 e. The van der Waals surface area contributed by atoms with Crippen molar-refractivity contribution in [1.82, 2.24) is 19.6 Å². The van der Waals surface area contributed by atoms with Crippen molar-refractivity contribution < 1.29 is 5.11 Å². The predicted octanol–water partition coefficient (Wildman–Crippen LogP) is 2.58. The van der Waals surface area contributed by atoms with Crippen LogP contribution in [0.2, 0.25) is 0 Å². The van der Waals surface area contributed by atoms with Gasteiger partial charge in [-0.05, 0) is 32.3 Å². The Kier molecular flexibility index (Phi) is 6.83. The van der Waals surface area contributed by atoms with E-state index >= 15 is 0 Å². The van der Waals surface area contributed by atoms with Gasteiger partial charge in [0.25, 0.3) is 0 Å². The quantitative estimate of drug-likeness (QED) is 0.790. The molecule has 1 N–H and O–H groups in total. The fraction of sp³-hybridized carbons (Fsp3) is 0.571. The lowest BCUT2D eigenvalue weighted by Crippen LogP contribution is -2.53. The Morgan fingerprint density at radius 2 is 1.96 bits per heavy atom. The van der Waals surface area contributed by atoms with Gasteiger partial charge >= 0.3 is 0 Å². The molecule has 0 saturated carbocycles. The second kappa shape index (κ2) is 9.31. The maximum Gasteiger partial charge on any atom is 0.0534 e. The first-order chi connectivity index (χ1) is 12.7. The number of rotatable bonds is 8. The molecule has 1 atom stereocenters. The summed E-state index contributed by atoms with van der Waals surface area (Å²) in [7, 11) is 0. The fourth-order valence-electron chi connectivity index (χ4n) is 3.74. The summed E-state index contributed by atoms with van der Waals surface area (Å²) in [5.41, 5.74) is 2.66. The summed E-state index contributed by atoms with van der Waals surface area (Å²) >= 11 is 0. The Morgan fingerprint density at radius 1 is 1.15 bits per heavy atom. The predicted molar refractivity (Wildman–Crippen MR) is 105 cm³/mol. The minimum atomic E-state index is 0.256. The molecule has 0 aliphatic carbocycles. The van der Waals surface area contributed by atoms with E-state index in [1.807, 2.05) is 10.9 Å². The highest BCUT2D eigenvalue weighted by Gasteiger charge is 2.26. The fourth-order valence-corrected chi connectivity index (χ4v) is 3.74. The van der Waals surface area contributed by atoms with Crippen LogP contribution < -0.4 is 0 Å². The number of benzene rings is 1. The van der Waals surface area contributed by atoms with E-state index in [0.29, 0.717) is 12.1 Å². The molecule has 2 heterocycles. The van der Waals surface area contributed by atoms with Crippen LogP contribution in [0.25, 0.3) is 0 Å². The molecule has 0 unspecified atom stereocenters. The lowest BCUT2D eigenvalue weighted by Gasteiger charge is -2.41. The molecule has 1 aliphatic rings. The van der Waals surface area contributed by atoms with E-state index in [0.717, 1.165) is 45.6 Å². The maximum absolute atomic E-state index is 9.50. The van der Waals surface area contributed by atoms with Crippen LogP contribution in [0.4, 0.5) is 0 Å². The normalized spacial score (nSPS) is 19.3. The van der Waals surface area contributed by atoms with Crippen LogP contribution in [0.1, 0.15) is 37.4 Å². The topological polar surface area (TPSA) is 44.5 Å². The van der Waals surface area contributed by atoms with E-state index in [2.05, 4.69) is 65.3 Å². The average Bonchev–Trinajstić information content (AvgIpc) is 3.11.